The number of carbonyl (C=O) groups excluding carboxylic acids is 2. The number of rotatable bonds is 5. The van der Waals surface area contributed by atoms with E-state index in [1.807, 2.05) is 13.0 Å². The van der Waals surface area contributed by atoms with Crippen molar-refractivity contribution in [2.24, 2.45) is 5.92 Å². The molecule has 0 fully saturated rings. The van der Waals surface area contributed by atoms with Gasteiger partial charge in [-0.2, -0.15) is 0 Å². The fourth-order valence-corrected chi connectivity index (χ4v) is 2.41. The summed E-state index contributed by atoms with van der Waals surface area (Å²) < 4.78 is 10.2. The van der Waals surface area contributed by atoms with Crippen LogP contribution in [0, 0.1) is 5.92 Å². The molecule has 1 aromatic rings. The average Bonchev–Trinajstić information content (AvgIpc) is 2.66. The van der Waals surface area contributed by atoms with Crippen LogP contribution in [0.3, 0.4) is 0 Å². The van der Waals surface area contributed by atoms with Crippen LogP contribution in [0.4, 0.5) is 16.2 Å². The molecule has 7 nitrogen and oxygen atoms in total. The van der Waals surface area contributed by atoms with E-state index in [2.05, 4.69) is 16.0 Å². The number of aryl methyl sites for hydroxylation is 1. The van der Waals surface area contributed by atoms with Gasteiger partial charge in [0, 0.05) is 17.7 Å². The highest BCUT2D eigenvalue weighted by Crippen LogP contribution is 2.34. The van der Waals surface area contributed by atoms with Crippen molar-refractivity contribution in [3.8, 4) is 5.75 Å². The fraction of sp³-hybridized carbons (Fsp3) is 0.500. The van der Waals surface area contributed by atoms with Crippen LogP contribution in [-0.4, -0.2) is 32.4 Å². The second kappa shape index (κ2) is 7.71. The SMILES string of the molecule is CCOC(=O)NCNc1cc2c(cc1OC)NC(=O)C(C)CC2. The van der Waals surface area contributed by atoms with Crippen molar-refractivity contribution in [1.29, 1.82) is 0 Å². The van der Waals surface area contributed by atoms with Gasteiger partial charge in [-0.1, -0.05) is 6.92 Å². The molecule has 0 aliphatic carbocycles. The summed E-state index contributed by atoms with van der Waals surface area (Å²) in [5, 5.41) is 8.62. The minimum absolute atomic E-state index is 0.0183. The molecule has 2 amide bonds. The first kappa shape index (κ1) is 16.9. The third-order valence-corrected chi connectivity index (χ3v) is 3.76. The van der Waals surface area contributed by atoms with Crippen LogP contribution in [0.1, 0.15) is 25.8 Å². The van der Waals surface area contributed by atoms with Crippen molar-refractivity contribution in [2.75, 3.05) is 31.0 Å². The monoisotopic (exact) mass is 321 g/mol. The fourth-order valence-electron chi connectivity index (χ4n) is 2.41. The number of methoxy groups -OCH3 is 1. The molecule has 0 bridgehead atoms. The highest BCUT2D eigenvalue weighted by molar-refractivity contribution is 5.94. The highest BCUT2D eigenvalue weighted by atomic mass is 16.5. The smallest absolute Gasteiger partial charge is 0.408 e. The first-order chi connectivity index (χ1) is 11.0. The third kappa shape index (κ3) is 4.28. The lowest BCUT2D eigenvalue weighted by Gasteiger charge is -2.16. The van der Waals surface area contributed by atoms with E-state index in [1.165, 1.54) is 0 Å². The molecule has 126 valence electrons. The lowest BCUT2D eigenvalue weighted by molar-refractivity contribution is -0.119. The van der Waals surface area contributed by atoms with E-state index in [0.29, 0.717) is 12.4 Å². The van der Waals surface area contributed by atoms with Gasteiger partial charge in [0.2, 0.25) is 5.91 Å². The molecule has 0 spiro atoms. The van der Waals surface area contributed by atoms with Crippen molar-refractivity contribution in [1.82, 2.24) is 5.32 Å². The van der Waals surface area contributed by atoms with Gasteiger partial charge in [0.15, 0.2) is 0 Å². The molecule has 1 aliphatic rings. The number of ether oxygens (including phenoxy) is 2. The Hall–Kier alpha value is -2.44. The lowest BCUT2D eigenvalue weighted by Crippen LogP contribution is -2.29. The maximum absolute atomic E-state index is 11.9. The molecule has 1 unspecified atom stereocenters. The third-order valence-electron chi connectivity index (χ3n) is 3.76. The molecule has 0 saturated heterocycles. The molecule has 0 aromatic heterocycles. The predicted octanol–water partition coefficient (Wildman–Crippen LogP) is 2.33. The molecule has 7 heteroatoms. The van der Waals surface area contributed by atoms with Crippen LogP contribution in [0.25, 0.3) is 0 Å². The summed E-state index contributed by atoms with van der Waals surface area (Å²) in [4.78, 5) is 23.2. The quantitative estimate of drug-likeness (QED) is 0.724. The average molecular weight is 321 g/mol. The Kier molecular flexibility index (Phi) is 5.67. The van der Waals surface area contributed by atoms with Crippen LogP contribution in [-0.2, 0) is 16.0 Å². The number of hydrogen-bond acceptors (Lipinski definition) is 5. The Balaban J connectivity index is 2.11. The number of nitrogens with one attached hydrogen (secondary N) is 3. The topological polar surface area (TPSA) is 88.7 Å². The number of carbonyl (C=O) groups is 2. The Labute approximate surface area is 135 Å². The highest BCUT2D eigenvalue weighted by Gasteiger charge is 2.21. The van der Waals surface area contributed by atoms with Gasteiger partial charge in [0.1, 0.15) is 5.75 Å². The van der Waals surface area contributed by atoms with Gasteiger partial charge in [0.25, 0.3) is 0 Å². The van der Waals surface area contributed by atoms with E-state index >= 15 is 0 Å². The lowest BCUT2D eigenvalue weighted by atomic mass is 10.0. The van der Waals surface area contributed by atoms with Crippen molar-refractivity contribution < 1.29 is 19.1 Å². The van der Waals surface area contributed by atoms with Gasteiger partial charge in [-0.05, 0) is 31.4 Å². The Bertz CT molecular complexity index is 589. The maximum atomic E-state index is 11.9. The molecule has 23 heavy (non-hydrogen) atoms. The molecule has 1 aliphatic heterocycles. The van der Waals surface area contributed by atoms with Gasteiger partial charge in [-0.3, -0.25) is 4.79 Å². The first-order valence-electron chi connectivity index (χ1n) is 7.71. The number of benzene rings is 1. The zero-order chi connectivity index (χ0) is 16.8. The summed E-state index contributed by atoms with van der Waals surface area (Å²) in [6.45, 7) is 4.21. The predicted molar refractivity (Wildman–Crippen MR) is 87.8 cm³/mol. The summed E-state index contributed by atoms with van der Waals surface area (Å²) in [6, 6.07) is 3.75. The molecule has 0 radical (unpaired) electrons. The van der Waals surface area contributed by atoms with Crippen LogP contribution < -0.4 is 20.7 Å². The summed E-state index contributed by atoms with van der Waals surface area (Å²) in [6.07, 6.45) is 1.13. The summed E-state index contributed by atoms with van der Waals surface area (Å²) in [5.41, 5.74) is 2.58. The number of fused-ring (bicyclic) bond motifs is 1. The Morgan fingerprint density at radius 2 is 2.22 bits per heavy atom. The second-order valence-corrected chi connectivity index (χ2v) is 5.39. The molecular formula is C16H23N3O4. The summed E-state index contributed by atoms with van der Waals surface area (Å²) >= 11 is 0. The zero-order valence-corrected chi connectivity index (χ0v) is 13.7. The van der Waals surface area contributed by atoms with Crippen molar-refractivity contribution >= 4 is 23.4 Å². The van der Waals surface area contributed by atoms with Crippen molar-refractivity contribution in [3.05, 3.63) is 17.7 Å². The largest absolute Gasteiger partial charge is 0.495 e. The van der Waals surface area contributed by atoms with Gasteiger partial charge < -0.3 is 25.4 Å². The summed E-state index contributed by atoms with van der Waals surface area (Å²) in [5.74, 6) is 0.607. The minimum Gasteiger partial charge on any atom is -0.495 e. The van der Waals surface area contributed by atoms with E-state index in [9.17, 15) is 9.59 Å². The van der Waals surface area contributed by atoms with Crippen LogP contribution in [0.2, 0.25) is 0 Å². The number of amides is 2. The molecule has 0 saturated carbocycles. The van der Waals surface area contributed by atoms with Crippen molar-refractivity contribution in [3.63, 3.8) is 0 Å². The number of hydrogen-bond donors (Lipinski definition) is 3. The Morgan fingerprint density at radius 3 is 2.91 bits per heavy atom. The van der Waals surface area contributed by atoms with Gasteiger partial charge >= 0.3 is 6.09 Å². The maximum Gasteiger partial charge on any atom is 0.408 e. The molecule has 1 heterocycles. The number of alkyl carbamates (subject to hydrolysis) is 1. The zero-order valence-electron chi connectivity index (χ0n) is 13.7. The van der Waals surface area contributed by atoms with Gasteiger partial charge in [-0.25, -0.2) is 4.79 Å². The summed E-state index contributed by atoms with van der Waals surface area (Å²) in [7, 11) is 1.56. The second-order valence-electron chi connectivity index (χ2n) is 5.39. The standard InChI is InChI=1S/C16H23N3O4/c1-4-23-16(21)18-9-17-13-7-11-6-5-10(2)15(20)19-12(11)8-14(13)22-3/h7-8,10,17H,4-6,9H2,1-3H3,(H,18,21)(H,19,20). The van der Waals surface area contributed by atoms with Crippen LogP contribution >= 0.6 is 0 Å². The molecule has 2 rings (SSSR count). The van der Waals surface area contributed by atoms with E-state index in [-0.39, 0.29) is 18.5 Å². The van der Waals surface area contributed by atoms with Crippen LogP contribution in [0.5, 0.6) is 5.75 Å². The van der Waals surface area contributed by atoms with Crippen LogP contribution in [0.15, 0.2) is 12.1 Å². The molecule has 1 aromatic carbocycles. The van der Waals surface area contributed by atoms with E-state index in [1.54, 1.807) is 20.1 Å². The Morgan fingerprint density at radius 1 is 1.43 bits per heavy atom. The van der Waals surface area contributed by atoms with Gasteiger partial charge in [0.05, 0.1) is 26.1 Å². The molecule has 1 atom stereocenters. The normalized spacial score (nSPS) is 16.7. The van der Waals surface area contributed by atoms with E-state index < -0.39 is 6.09 Å². The first-order valence-corrected chi connectivity index (χ1v) is 7.71. The molecule has 3 N–H and O–H groups in total. The van der Waals surface area contributed by atoms with E-state index in [4.69, 9.17) is 9.47 Å². The molecular weight excluding hydrogens is 298 g/mol. The minimum atomic E-state index is -0.477. The number of anilines is 2. The van der Waals surface area contributed by atoms with Gasteiger partial charge in [-0.15, -0.1) is 0 Å². The van der Waals surface area contributed by atoms with E-state index in [0.717, 1.165) is 29.8 Å². The van der Waals surface area contributed by atoms with Crippen molar-refractivity contribution in [2.45, 2.75) is 26.7 Å².